The SMILES string of the molecule is CC(C)C(CNc1c(F)cc(C#N)cc1F)C(C)C. The van der Waals surface area contributed by atoms with Gasteiger partial charge >= 0.3 is 0 Å². The number of rotatable bonds is 5. The molecule has 0 aliphatic carbocycles. The second-order valence-corrected chi connectivity index (χ2v) is 5.46. The van der Waals surface area contributed by atoms with Gasteiger partial charge in [-0.05, 0) is 29.9 Å². The van der Waals surface area contributed by atoms with Gasteiger partial charge in [-0.25, -0.2) is 8.78 Å². The van der Waals surface area contributed by atoms with Crippen molar-refractivity contribution in [2.24, 2.45) is 17.8 Å². The van der Waals surface area contributed by atoms with Gasteiger partial charge in [-0.2, -0.15) is 5.26 Å². The molecule has 0 atom stereocenters. The van der Waals surface area contributed by atoms with E-state index in [1.165, 1.54) is 0 Å². The molecule has 0 spiro atoms. The van der Waals surface area contributed by atoms with Crippen LogP contribution in [0.3, 0.4) is 0 Å². The van der Waals surface area contributed by atoms with Crippen molar-refractivity contribution >= 4 is 5.69 Å². The van der Waals surface area contributed by atoms with E-state index in [2.05, 4.69) is 33.0 Å². The summed E-state index contributed by atoms with van der Waals surface area (Å²) < 4.78 is 27.4. The Labute approximate surface area is 113 Å². The van der Waals surface area contributed by atoms with E-state index in [9.17, 15) is 8.78 Å². The molecule has 1 rings (SSSR count). The number of nitrogens with one attached hydrogen (secondary N) is 1. The lowest BCUT2D eigenvalue weighted by Gasteiger charge is -2.25. The molecule has 0 aliphatic rings. The molecule has 0 unspecified atom stereocenters. The number of anilines is 1. The Balaban J connectivity index is 2.86. The van der Waals surface area contributed by atoms with Crippen molar-refractivity contribution < 1.29 is 8.78 Å². The largest absolute Gasteiger partial charge is 0.380 e. The van der Waals surface area contributed by atoms with Gasteiger partial charge in [-0.15, -0.1) is 0 Å². The van der Waals surface area contributed by atoms with Gasteiger partial charge in [0, 0.05) is 6.54 Å². The second kappa shape index (κ2) is 6.51. The summed E-state index contributed by atoms with van der Waals surface area (Å²) >= 11 is 0. The van der Waals surface area contributed by atoms with Crippen LogP contribution in [0.25, 0.3) is 0 Å². The monoisotopic (exact) mass is 266 g/mol. The molecule has 0 aromatic heterocycles. The molecule has 2 nitrogen and oxygen atoms in total. The molecule has 4 heteroatoms. The predicted molar refractivity (Wildman–Crippen MR) is 72.7 cm³/mol. The van der Waals surface area contributed by atoms with Crippen molar-refractivity contribution in [1.29, 1.82) is 5.26 Å². The van der Waals surface area contributed by atoms with Crippen molar-refractivity contribution in [3.8, 4) is 6.07 Å². The van der Waals surface area contributed by atoms with Crippen LogP contribution in [0.4, 0.5) is 14.5 Å². The fraction of sp³-hybridized carbons (Fsp3) is 0.533. The molecular weight excluding hydrogens is 246 g/mol. The summed E-state index contributed by atoms with van der Waals surface area (Å²) in [7, 11) is 0. The van der Waals surface area contributed by atoms with E-state index < -0.39 is 11.6 Å². The van der Waals surface area contributed by atoms with Crippen molar-refractivity contribution in [3.63, 3.8) is 0 Å². The third-order valence-electron chi connectivity index (χ3n) is 3.40. The van der Waals surface area contributed by atoms with Crippen LogP contribution in [-0.4, -0.2) is 6.54 Å². The molecule has 1 aromatic carbocycles. The van der Waals surface area contributed by atoms with Crippen LogP contribution >= 0.6 is 0 Å². The fourth-order valence-electron chi connectivity index (χ4n) is 2.27. The van der Waals surface area contributed by atoms with E-state index in [1.807, 2.05) is 0 Å². The molecular formula is C15H20F2N2. The molecule has 1 N–H and O–H groups in total. The van der Waals surface area contributed by atoms with Gasteiger partial charge < -0.3 is 5.32 Å². The number of hydrogen-bond acceptors (Lipinski definition) is 2. The molecule has 1 aromatic rings. The van der Waals surface area contributed by atoms with E-state index in [0.29, 0.717) is 24.3 Å². The van der Waals surface area contributed by atoms with Crippen molar-refractivity contribution in [1.82, 2.24) is 0 Å². The summed E-state index contributed by atoms with van der Waals surface area (Å²) in [6, 6.07) is 3.82. The lowest BCUT2D eigenvalue weighted by atomic mass is 9.85. The summed E-state index contributed by atoms with van der Waals surface area (Å²) in [5, 5.41) is 11.5. The summed E-state index contributed by atoms with van der Waals surface area (Å²) in [6.07, 6.45) is 0. The third-order valence-corrected chi connectivity index (χ3v) is 3.40. The Kier molecular flexibility index (Phi) is 5.29. The zero-order chi connectivity index (χ0) is 14.6. The lowest BCUT2D eigenvalue weighted by Crippen LogP contribution is -2.25. The molecule has 104 valence electrons. The van der Waals surface area contributed by atoms with Crippen molar-refractivity contribution in [2.45, 2.75) is 27.7 Å². The second-order valence-electron chi connectivity index (χ2n) is 5.46. The van der Waals surface area contributed by atoms with Gasteiger partial charge in [-0.3, -0.25) is 0 Å². The Morgan fingerprint density at radius 2 is 1.58 bits per heavy atom. The average Bonchev–Trinajstić information content (AvgIpc) is 2.31. The lowest BCUT2D eigenvalue weighted by molar-refractivity contribution is 0.304. The quantitative estimate of drug-likeness (QED) is 0.868. The topological polar surface area (TPSA) is 35.8 Å². The fourth-order valence-corrected chi connectivity index (χ4v) is 2.27. The van der Waals surface area contributed by atoms with Crippen molar-refractivity contribution in [2.75, 3.05) is 11.9 Å². The standard InChI is InChI=1S/C15H20F2N2/c1-9(2)12(10(3)4)8-19-15-13(16)5-11(7-18)6-14(15)17/h5-6,9-10,12,19H,8H2,1-4H3. The molecule has 0 amide bonds. The first kappa shape index (κ1) is 15.4. The minimum Gasteiger partial charge on any atom is -0.380 e. The van der Waals surface area contributed by atoms with E-state index in [1.54, 1.807) is 6.07 Å². The third kappa shape index (κ3) is 3.92. The number of hydrogen-bond donors (Lipinski definition) is 1. The van der Waals surface area contributed by atoms with Crippen LogP contribution in [0.1, 0.15) is 33.3 Å². The van der Waals surface area contributed by atoms with Gasteiger partial charge in [0.25, 0.3) is 0 Å². The maximum Gasteiger partial charge on any atom is 0.150 e. The Morgan fingerprint density at radius 1 is 1.11 bits per heavy atom. The smallest absolute Gasteiger partial charge is 0.150 e. The molecule has 19 heavy (non-hydrogen) atoms. The minimum absolute atomic E-state index is 0.00943. The van der Waals surface area contributed by atoms with Gasteiger partial charge in [0.15, 0.2) is 11.6 Å². The van der Waals surface area contributed by atoms with Gasteiger partial charge in [0.1, 0.15) is 5.69 Å². The zero-order valence-corrected chi connectivity index (χ0v) is 11.8. The Morgan fingerprint density at radius 3 is 1.95 bits per heavy atom. The molecule has 0 fully saturated rings. The van der Waals surface area contributed by atoms with Crippen LogP contribution in [0, 0.1) is 40.7 Å². The number of benzene rings is 1. The highest BCUT2D eigenvalue weighted by molar-refractivity contribution is 5.50. The highest BCUT2D eigenvalue weighted by atomic mass is 19.1. The minimum atomic E-state index is -0.720. The van der Waals surface area contributed by atoms with Gasteiger partial charge in [0.05, 0.1) is 11.6 Å². The first-order chi connectivity index (χ1) is 8.86. The molecule has 0 aliphatic heterocycles. The zero-order valence-electron chi connectivity index (χ0n) is 11.8. The van der Waals surface area contributed by atoms with Crippen LogP contribution < -0.4 is 5.32 Å². The highest BCUT2D eigenvalue weighted by Crippen LogP contribution is 2.24. The Bertz CT molecular complexity index is 445. The summed E-state index contributed by atoms with van der Waals surface area (Å²) in [5.74, 6) is -0.255. The molecule has 0 saturated carbocycles. The van der Waals surface area contributed by atoms with E-state index in [-0.39, 0.29) is 11.3 Å². The molecule has 0 saturated heterocycles. The number of nitriles is 1. The molecule has 0 radical (unpaired) electrons. The average molecular weight is 266 g/mol. The first-order valence-corrected chi connectivity index (χ1v) is 6.49. The van der Waals surface area contributed by atoms with Gasteiger partial charge in [0.2, 0.25) is 0 Å². The summed E-state index contributed by atoms with van der Waals surface area (Å²) in [6.45, 7) is 8.89. The first-order valence-electron chi connectivity index (χ1n) is 6.49. The highest BCUT2D eigenvalue weighted by Gasteiger charge is 2.19. The van der Waals surface area contributed by atoms with Crippen LogP contribution in [0.5, 0.6) is 0 Å². The maximum absolute atomic E-state index is 13.7. The van der Waals surface area contributed by atoms with Crippen LogP contribution in [0.15, 0.2) is 12.1 Å². The van der Waals surface area contributed by atoms with E-state index in [4.69, 9.17) is 5.26 Å². The number of halogens is 2. The van der Waals surface area contributed by atoms with Crippen molar-refractivity contribution in [3.05, 3.63) is 29.3 Å². The van der Waals surface area contributed by atoms with E-state index in [0.717, 1.165) is 12.1 Å². The summed E-state index contributed by atoms with van der Waals surface area (Å²) in [5.41, 5.74) is -0.157. The van der Waals surface area contributed by atoms with E-state index >= 15 is 0 Å². The summed E-state index contributed by atoms with van der Waals surface area (Å²) in [4.78, 5) is 0. The van der Waals surface area contributed by atoms with Crippen LogP contribution in [-0.2, 0) is 0 Å². The maximum atomic E-state index is 13.7. The Hall–Kier alpha value is -1.63. The van der Waals surface area contributed by atoms with Crippen LogP contribution in [0.2, 0.25) is 0 Å². The predicted octanol–water partition coefficient (Wildman–Crippen LogP) is 4.18. The molecule has 0 bridgehead atoms. The molecule has 0 heterocycles. The number of nitrogens with zero attached hydrogens (tertiary/aromatic N) is 1. The van der Waals surface area contributed by atoms with Gasteiger partial charge in [-0.1, -0.05) is 27.7 Å². The normalized spacial score (nSPS) is 11.2.